The molecule has 0 radical (unpaired) electrons. The molecule has 2 amide bonds. The van der Waals surface area contributed by atoms with E-state index in [9.17, 15) is 14.4 Å². The van der Waals surface area contributed by atoms with Crippen LogP contribution in [0.15, 0.2) is 59.8 Å². The number of Topliss-reactive ketones (excluding diaryl/α,β-unsaturated/α-hetero) is 1. The van der Waals surface area contributed by atoms with Crippen molar-refractivity contribution in [2.75, 3.05) is 0 Å². The molecule has 0 aliphatic carbocycles. The number of pyridine rings is 1. The summed E-state index contributed by atoms with van der Waals surface area (Å²) in [7, 11) is 0. The van der Waals surface area contributed by atoms with E-state index in [1.54, 1.807) is 36.4 Å². The van der Waals surface area contributed by atoms with Crippen molar-refractivity contribution in [1.29, 1.82) is 0 Å². The van der Waals surface area contributed by atoms with Crippen molar-refractivity contribution in [3.8, 4) is 0 Å². The van der Waals surface area contributed by atoms with Crippen LogP contribution in [0.25, 0.3) is 5.70 Å². The van der Waals surface area contributed by atoms with Gasteiger partial charge < -0.3 is 16.8 Å². The van der Waals surface area contributed by atoms with E-state index in [1.807, 2.05) is 6.07 Å². The molecule has 1 aromatic heterocycles. The first-order chi connectivity index (χ1) is 12.9. The number of benzene rings is 1. The molecule has 1 unspecified atom stereocenters. The Hall–Kier alpha value is -3.17. The Bertz CT molecular complexity index is 856. The third kappa shape index (κ3) is 5.40. The molecule has 140 valence electrons. The second kappa shape index (κ2) is 9.51. The number of nitrogens with zero attached hydrogens (tertiary/aromatic N) is 1. The highest BCUT2D eigenvalue weighted by molar-refractivity contribution is 8.02. The quantitative estimate of drug-likeness (QED) is 0.285. The summed E-state index contributed by atoms with van der Waals surface area (Å²) in [5.74, 6) is -2.72. The third-order valence-corrected chi connectivity index (χ3v) is 4.35. The maximum Gasteiger partial charge on any atom is 0.287 e. The van der Waals surface area contributed by atoms with Gasteiger partial charge in [0.25, 0.3) is 11.8 Å². The Morgan fingerprint density at radius 1 is 1.04 bits per heavy atom. The summed E-state index contributed by atoms with van der Waals surface area (Å²) in [5, 5.41) is 8.11. The van der Waals surface area contributed by atoms with Gasteiger partial charge >= 0.3 is 0 Å². The maximum absolute atomic E-state index is 12.6. The fourth-order valence-corrected chi connectivity index (χ4v) is 2.77. The van der Waals surface area contributed by atoms with Crippen LogP contribution in [-0.4, -0.2) is 28.6 Å². The lowest BCUT2D eigenvalue weighted by Gasteiger charge is -2.18. The van der Waals surface area contributed by atoms with Crippen LogP contribution in [0.2, 0.25) is 0 Å². The number of rotatable bonds is 8. The molecule has 7 N–H and O–H groups in total. The van der Waals surface area contributed by atoms with Crippen molar-refractivity contribution in [3.05, 3.63) is 70.9 Å². The summed E-state index contributed by atoms with van der Waals surface area (Å²) in [5.41, 5.74) is 12.6. The van der Waals surface area contributed by atoms with E-state index in [0.29, 0.717) is 17.5 Å². The molecule has 1 heterocycles. The number of amides is 2. The smallest absolute Gasteiger partial charge is 0.287 e. The molecule has 1 aromatic carbocycles. The number of carbonyl (C=O) groups is 3. The number of hydrogen-bond acceptors (Lipinski definition) is 7. The Morgan fingerprint density at radius 3 is 2.22 bits per heavy atom. The highest BCUT2D eigenvalue weighted by Gasteiger charge is 2.27. The maximum atomic E-state index is 12.6. The first-order valence-electron chi connectivity index (χ1n) is 7.89. The first kappa shape index (κ1) is 20.1. The third-order valence-electron chi connectivity index (χ3n) is 3.71. The van der Waals surface area contributed by atoms with E-state index >= 15 is 0 Å². The summed E-state index contributed by atoms with van der Waals surface area (Å²) in [4.78, 5) is 40.0. The van der Waals surface area contributed by atoms with Gasteiger partial charge in [0.15, 0.2) is 0 Å². The predicted octanol–water partition coefficient (Wildman–Crippen LogP) is 0.0977. The van der Waals surface area contributed by atoms with Gasteiger partial charge in [-0.05, 0) is 29.6 Å². The Balaban J connectivity index is 2.28. The average molecular weight is 385 g/mol. The van der Waals surface area contributed by atoms with Crippen LogP contribution in [0.1, 0.15) is 11.1 Å². The fraction of sp³-hybridized carbons (Fsp3) is 0.111. The van der Waals surface area contributed by atoms with Gasteiger partial charge in [-0.15, -0.1) is 0 Å². The van der Waals surface area contributed by atoms with Crippen LogP contribution >= 0.6 is 11.9 Å². The zero-order valence-corrected chi connectivity index (χ0v) is 15.1. The molecule has 0 aliphatic heterocycles. The molecule has 0 fully saturated rings. The molecule has 8 nitrogen and oxygen atoms in total. The Labute approximate surface area is 160 Å². The lowest BCUT2D eigenvalue weighted by atomic mass is 10.0. The van der Waals surface area contributed by atoms with Crippen molar-refractivity contribution in [1.82, 2.24) is 10.3 Å². The van der Waals surface area contributed by atoms with Crippen LogP contribution < -0.4 is 21.9 Å². The molecular weight excluding hydrogens is 366 g/mol. The second-order valence-corrected chi connectivity index (χ2v) is 6.18. The molecule has 27 heavy (non-hydrogen) atoms. The van der Waals surface area contributed by atoms with Crippen LogP contribution in [0.3, 0.4) is 0 Å². The Kier molecular flexibility index (Phi) is 7.09. The number of hydrogen-bond donors (Lipinski definition) is 4. The van der Waals surface area contributed by atoms with Crippen molar-refractivity contribution in [2.24, 2.45) is 16.6 Å². The predicted molar refractivity (Wildman–Crippen MR) is 103 cm³/mol. The largest absolute Gasteiger partial charge is 0.397 e. The number of ketones is 1. The Morgan fingerprint density at radius 2 is 1.67 bits per heavy atom. The molecule has 0 saturated heterocycles. The highest BCUT2D eigenvalue weighted by Crippen LogP contribution is 2.20. The van der Waals surface area contributed by atoms with E-state index in [1.165, 1.54) is 12.4 Å². The molecule has 2 aromatic rings. The molecule has 0 aliphatic rings. The minimum Gasteiger partial charge on any atom is -0.397 e. The van der Waals surface area contributed by atoms with E-state index in [2.05, 4.69) is 10.3 Å². The zero-order valence-electron chi connectivity index (χ0n) is 14.3. The van der Waals surface area contributed by atoms with Gasteiger partial charge in [0.2, 0.25) is 5.78 Å². The van der Waals surface area contributed by atoms with Gasteiger partial charge in [0.05, 0.1) is 5.70 Å². The number of primary amides is 1. The number of nitrogens with one attached hydrogen (secondary N) is 1. The second-order valence-electron chi connectivity index (χ2n) is 5.54. The first-order valence-corrected chi connectivity index (χ1v) is 8.77. The van der Waals surface area contributed by atoms with Crippen molar-refractivity contribution >= 4 is 35.2 Å². The molecule has 0 bridgehead atoms. The van der Waals surface area contributed by atoms with Crippen LogP contribution in [-0.2, 0) is 20.8 Å². The van der Waals surface area contributed by atoms with Gasteiger partial charge in [-0.2, -0.15) is 0 Å². The van der Waals surface area contributed by atoms with Gasteiger partial charge in [0, 0.05) is 24.4 Å². The number of nitrogens with two attached hydrogens (primary N) is 3. The topological polar surface area (TPSA) is 154 Å². The zero-order chi connectivity index (χ0) is 19.8. The SMILES string of the molecule is NS/C(C(=O)NC(Cc1ccccc1)C(=O)C(N)=O)=C(\N)c1ccncc1. The van der Waals surface area contributed by atoms with Gasteiger partial charge in [-0.25, -0.2) is 0 Å². The molecule has 1 atom stereocenters. The summed E-state index contributed by atoms with van der Waals surface area (Å²) in [6.45, 7) is 0. The monoisotopic (exact) mass is 385 g/mol. The lowest BCUT2D eigenvalue weighted by molar-refractivity contribution is -0.138. The number of aromatic nitrogens is 1. The highest BCUT2D eigenvalue weighted by atomic mass is 32.2. The molecule has 0 saturated carbocycles. The summed E-state index contributed by atoms with van der Waals surface area (Å²) >= 11 is 0.644. The van der Waals surface area contributed by atoms with E-state index < -0.39 is 23.6 Å². The molecular formula is C18H19N5O3S. The minimum atomic E-state index is -1.13. The van der Waals surface area contributed by atoms with Gasteiger partial charge in [0.1, 0.15) is 10.9 Å². The molecule has 9 heteroatoms. The van der Waals surface area contributed by atoms with Gasteiger partial charge in [-0.1, -0.05) is 30.3 Å². The van der Waals surface area contributed by atoms with Crippen LogP contribution in [0.5, 0.6) is 0 Å². The average Bonchev–Trinajstić information content (AvgIpc) is 2.68. The standard InChI is InChI=1S/C18H19N5O3S/c19-14(12-6-8-22-9-7-12)16(27-21)18(26)23-13(15(24)17(20)25)10-11-4-2-1-3-5-11/h1-9,13H,10,19,21H2,(H2,20,25)(H,23,26)/b16-14-. The van der Waals surface area contributed by atoms with Crippen LogP contribution in [0, 0.1) is 0 Å². The van der Waals surface area contributed by atoms with E-state index in [4.69, 9.17) is 16.6 Å². The minimum absolute atomic E-state index is 0.0107. The van der Waals surface area contributed by atoms with E-state index in [-0.39, 0.29) is 17.0 Å². The fourth-order valence-electron chi connectivity index (χ4n) is 2.36. The normalized spacial score (nSPS) is 12.6. The van der Waals surface area contributed by atoms with E-state index in [0.717, 1.165) is 5.56 Å². The summed E-state index contributed by atoms with van der Waals surface area (Å²) < 4.78 is 0. The molecule has 0 spiro atoms. The van der Waals surface area contributed by atoms with Crippen molar-refractivity contribution < 1.29 is 14.4 Å². The van der Waals surface area contributed by atoms with Crippen molar-refractivity contribution in [2.45, 2.75) is 12.5 Å². The molecule has 2 rings (SSSR count). The number of carbonyl (C=O) groups excluding carboxylic acids is 3. The van der Waals surface area contributed by atoms with Crippen molar-refractivity contribution in [3.63, 3.8) is 0 Å². The lowest BCUT2D eigenvalue weighted by Crippen LogP contribution is -2.47. The van der Waals surface area contributed by atoms with Crippen LogP contribution in [0.4, 0.5) is 0 Å². The summed E-state index contributed by atoms with van der Waals surface area (Å²) in [6.07, 6.45) is 3.15. The van der Waals surface area contributed by atoms with Gasteiger partial charge in [-0.3, -0.25) is 24.5 Å². The summed E-state index contributed by atoms with van der Waals surface area (Å²) in [6, 6.07) is 11.0.